The quantitative estimate of drug-likeness (QED) is 0.247. The molecule has 1 atom stereocenters. The summed E-state index contributed by atoms with van der Waals surface area (Å²) in [4.78, 5) is 4.43. The standard InChI is InChI=1S/C9H18N4O/c1-9(4-5-14-6-9)12-8(13-10)11-7-2-3-7/h7H,2-6,10H2,1H3,(H2,11,12,13). The molecule has 1 saturated heterocycles. The average molecular weight is 198 g/mol. The van der Waals surface area contributed by atoms with E-state index in [1.807, 2.05) is 0 Å². The molecule has 2 aliphatic rings. The van der Waals surface area contributed by atoms with Gasteiger partial charge in [0.25, 0.3) is 0 Å². The molecule has 2 rings (SSSR count). The van der Waals surface area contributed by atoms with Crippen molar-refractivity contribution in [1.82, 2.24) is 10.7 Å². The monoisotopic (exact) mass is 198 g/mol. The Morgan fingerprint density at radius 2 is 2.36 bits per heavy atom. The van der Waals surface area contributed by atoms with Gasteiger partial charge in [-0.3, -0.25) is 5.43 Å². The van der Waals surface area contributed by atoms with Crippen molar-refractivity contribution in [2.24, 2.45) is 10.8 Å². The van der Waals surface area contributed by atoms with Crippen molar-refractivity contribution in [3.8, 4) is 0 Å². The molecule has 1 aliphatic heterocycles. The van der Waals surface area contributed by atoms with E-state index in [0.717, 1.165) is 19.6 Å². The van der Waals surface area contributed by atoms with Crippen LogP contribution in [0.25, 0.3) is 0 Å². The molecule has 5 nitrogen and oxygen atoms in total. The summed E-state index contributed by atoms with van der Waals surface area (Å²) in [6.07, 6.45) is 3.36. The molecule has 0 aromatic rings. The van der Waals surface area contributed by atoms with Crippen molar-refractivity contribution in [1.29, 1.82) is 0 Å². The maximum absolute atomic E-state index is 5.40. The number of hydrogen-bond acceptors (Lipinski definition) is 3. The van der Waals surface area contributed by atoms with E-state index in [1.165, 1.54) is 12.8 Å². The second-order valence-corrected chi connectivity index (χ2v) is 4.34. The molecular formula is C9H18N4O. The van der Waals surface area contributed by atoms with E-state index >= 15 is 0 Å². The van der Waals surface area contributed by atoms with Crippen LogP contribution in [0, 0.1) is 0 Å². The van der Waals surface area contributed by atoms with Crippen LogP contribution in [-0.4, -0.2) is 30.8 Å². The fourth-order valence-electron chi connectivity index (χ4n) is 1.54. The van der Waals surface area contributed by atoms with Crippen LogP contribution in [-0.2, 0) is 4.74 Å². The lowest BCUT2D eigenvalue weighted by molar-refractivity contribution is 0.177. The van der Waals surface area contributed by atoms with Crippen LogP contribution in [0.2, 0.25) is 0 Å². The summed E-state index contributed by atoms with van der Waals surface area (Å²) in [5, 5.41) is 3.30. The number of guanidine groups is 1. The van der Waals surface area contributed by atoms with Gasteiger partial charge in [-0.05, 0) is 26.2 Å². The normalized spacial score (nSPS) is 33.1. The molecule has 0 aromatic heterocycles. The maximum atomic E-state index is 5.40. The van der Waals surface area contributed by atoms with Crippen LogP contribution in [0.3, 0.4) is 0 Å². The molecule has 1 aliphatic carbocycles. The molecule has 0 aromatic carbocycles. The molecule has 0 amide bonds. The third-order valence-corrected chi connectivity index (χ3v) is 2.63. The van der Waals surface area contributed by atoms with Gasteiger partial charge in [-0.2, -0.15) is 0 Å². The number of hydrogen-bond donors (Lipinski definition) is 3. The summed E-state index contributed by atoms with van der Waals surface area (Å²) in [7, 11) is 0. The largest absolute Gasteiger partial charge is 0.379 e. The SMILES string of the molecule is CC1(NC(=NC2CC2)NN)CCOC1. The minimum Gasteiger partial charge on any atom is -0.379 e. The number of nitrogens with zero attached hydrogens (tertiary/aromatic N) is 1. The predicted molar refractivity (Wildman–Crippen MR) is 54.8 cm³/mol. The van der Waals surface area contributed by atoms with Crippen LogP contribution in [0.4, 0.5) is 0 Å². The lowest BCUT2D eigenvalue weighted by atomic mass is 10.0. The molecule has 80 valence electrons. The highest BCUT2D eigenvalue weighted by molar-refractivity contribution is 5.80. The van der Waals surface area contributed by atoms with Crippen molar-refractivity contribution < 1.29 is 4.74 Å². The first-order valence-corrected chi connectivity index (χ1v) is 5.12. The Balaban J connectivity index is 1.92. The van der Waals surface area contributed by atoms with E-state index in [0.29, 0.717) is 12.0 Å². The first-order chi connectivity index (χ1) is 6.72. The van der Waals surface area contributed by atoms with Crippen LogP contribution in [0.1, 0.15) is 26.2 Å². The molecule has 1 heterocycles. The van der Waals surface area contributed by atoms with E-state index in [-0.39, 0.29) is 5.54 Å². The lowest BCUT2D eigenvalue weighted by Gasteiger charge is -2.25. The number of nitrogens with two attached hydrogens (primary N) is 1. The number of aliphatic imine (C=N–C) groups is 1. The van der Waals surface area contributed by atoms with Crippen molar-refractivity contribution in [3.05, 3.63) is 0 Å². The third kappa shape index (κ3) is 2.36. The molecule has 1 unspecified atom stereocenters. The Labute approximate surface area is 84.1 Å². The van der Waals surface area contributed by atoms with E-state index < -0.39 is 0 Å². The molecule has 14 heavy (non-hydrogen) atoms. The molecule has 0 spiro atoms. The number of nitrogens with one attached hydrogen (secondary N) is 2. The number of ether oxygens (including phenoxy) is 1. The first-order valence-electron chi connectivity index (χ1n) is 5.12. The van der Waals surface area contributed by atoms with Gasteiger partial charge < -0.3 is 10.1 Å². The smallest absolute Gasteiger partial charge is 0.206 e. The van der Waals surface area contributed by atoms with Gasteiger partial charge in [0.05, 0.1) is 18.2 Å². The summed E-state index contributed by atoms with van der Waals surface area (Å²) >= 11 is 0. The van der Waals surface area contributed by atoms with Gasteiger partial charge in [0, 0.05) is 6.61 Å². The Hall–Kier alpha value is -0.810. The van der Waals surface area contributed by atoms with Gasteiger partial charge in [-0.25, -0.2) is 10.8 Å². The van der Waals surface area contributed by atoms with Crippen molar-refractivity contribution in [3.63, 3.8) is 0 Å². The second kappa shape index (κ2) is 3.74. The zero-order valence-electron chi connectivity index (χ0n) is 8.55. The Morgan fingerprint density at radius 3 is 2.86 bits per heavy atom. The van der Waals surface area contributed by atoms with Gasteiger partial charge in [0.15, 0.2) is 0 Å². The fraction of sp³-hybridized carbons (Fsp3) is 0.889. The third-order valence-electron chi connectivity index (χ3n) is 2.63. The van der Waals surface area contributed by atoms with E-state index in [1.54, 1.807) is 0 Å². The Morgan fingerprint density at radius 1 is 1.57 bits per heavy atom. The summed E-state index contributed by atoms with van der Waals surface area (Å²) in [5.74, 6) is 6.10. The Bertz CT molecular complexity index is 231. The summed E-state index contributed by atoms with van der Waals surface area (Å²) in [6, 6.07) is 0.472. The van der Waals surface area contributed by atoms with Gasteiger partial charge in [-0.15, -0.1) is 0 Å². The second-order valence-electron chi connectivity index (χ2n) is 4.34. The van der Waals surface area contributed by atoms with E-state index in [4.69, 9.17) is 10.6 Å². The van der Waals surface area contributed by atoms with Gasteiger partial charge in [-0.1, -0.05) is 0 Å². The molecule has 4 N–H and O–H groups in total. The van der Waals surface area contributed by atoms with Crippen LogP contribution in [0.15, 0.2) is 4.99 Å². The zero-order valence-corrected chi connectivity index (χ0v) is 8.55. The molecule has 0 radical (unpaired) electrons. The van der Waals surface area contributed by atoms with Crippen LogP contribution >= 0.6 is 0 Å². The van der Waals surface area contributed by atoms with Crippen molar-refractivity contribution in [2.75, 3.05) is 13.2 Å². The highest BCUT2D eigenvalue weighted by Crippen LogP contribution is 2.24. The van der Waals surface area contributed by atoms with Crippen LogP contribution in [0.5, 0.6) is 0 Å². The van der Waals surface area contributed by atoms with Crippen molar-refractivity contribution >= 4 is 5.96 Å². The first kappa shape index (κ1) is 9.73. The average Bonchev–Trinajstić information content (AvgIpc) is 2.87. The lowest BCUT2D eigenvalue weighted by Crippen LogP contribution is -2.53. The minimum atomic E-state index is -0.0138. The zero-order chi connectivity index (χ0) is 10.0. The van der Waals surface area contributed by atoms with Gasteiger partial charge in [0.2, 0.25) is 5.96 Å². The highest BCUT2D eigenvalue weighted by atomic mass is 16.5. The summed E-state index contributed by atoms with van der Waals surface area (Å²) < 4.78 is 5.34. The Kier molecular flexibility index (Phi) is 2.60. The topological polar surface area (TPSA) is 71.7 Å². The van der Waals surface area contributed by atoms with E-state index in [2.05, 4.69) is 22.7 Å². The van der Waals surface area contributed by atoms with Gasteiger partial charge >= 0.3 is 0 Å². The highest BCUT2D eigenvalue weighted by Gasteiger charge is 2.31. The molecular weight excluding hydrogens is 180 g/mol. The molecule has 0 bridgehead atoms. The minimum absolute atomic E-state index is 0.0138. The van der Waals surface area contributed by atoms with Crippen LogP contribution < -0.4 is 16.6 Å². The predicted octanol–water partition coefficient (Wildman–Crippen LogP) is -0.263. The number of hydrazine groups is 1. The molecule has 2 fully saturated rings. The maximum Gasteiger partial charge on any atom is 0.206 e. The number of rotatable bonds is 2. The molecule has 1 saturated carbocycles. The van der Waals surface area contributed by atoms with E-state index in [9.17, 15) is 0 Å². The molecule has 5 heteroatoms. The summed E-state index contributed by atoms with van der Waals surface area (Å²) in [6.45, 7) is 3.66. The fourth-order valence-corrected chi connectivity index (χ4v) is 1.54. The van der Waals surface area contributed by atoms with Crippen molar-refractivity contribution in [2.45, 2.75) is 37.8 Å². The summed E-state index contributed by atoms with van der Waals surface area (Å²) in [5.41, 5.74) is 2.60. The van der Waals surface area contributed by atoms with Gasteiger partial charge in [0.1, 0.15) is 0 Å².